The molecule has 166 valence electrons. The number of nitrogens with one attached hydrogen (secondary N) is 1. The highest BCUT2D eigenvalue weighted by Crippen LogP contribution is 2.37. The van der Waals surface area contributed by atoms with E-state index in [1.54, 1.807) is 4.90 Å². The first-order chi connectivity index (χ1) is 15.6. The molecule has 1 aliphatic rings. The van der Waals surface area contributed by atoms with Crippen molar-refractivity contribution < 1.29 is 14.3 Å². The van der Waals surface area contributed by atoms with E-state index in [4.69, 9.17) is 4.74 Å². The Morgan fingerprint density at radius 1 is 1.06 bits per heavy atom. The van der Waals surface area contributed by atoms with Gasteiger partial charge in [0.05, 0.1) is 6.61 Å². The van der Waals surface area contributed by atoms with Crippen molar-refractivity contribution in [1.82, 2.24) is 5.32 Å². The lowest BCUT2D eigenvalue weighted by Gasteiger charge is -2.18. The molecule has 0 spiro atoms. The number of carbonyl (C=O) groups excluding carboxylic acids is 2. The lowest BCUT2D eigenvalue weighted by atomic mass is 10.0. The van der Waals surface area contributed by atoms with Crippen LogP contribution < -0.4 is 15.0 Å². The Labute approximate surface area is 189 Å². The Balaban J connectivity index is 1.45. The minimum Gasteiger partial charge on any atom is -0.493 e. The smallest absolute Gasteiger partial charge is 0.254 e. The van der Waals surface area contributed by atoms with Crippen LogP contribution in [0.25, 0.3) is 10.8 Å². The largest absolute Gasteiger partial charge is 0.493 e. The second-order valence-electron chi connectivity index (χ2n) is 8.30. The number of benzene rings is 3. The van der Waals surface area contributed by atoms with Crippen LogP contribution in [0, 0.1) is 0 Å². The first-order valence-electron chi connectivity index (χ1n) is 11.4. The van der Waals surface area contributed by atoms with Gasteiger partial charge in [0.15, 0.2) is 0 Å². The van der Waals surface area contributed by atoms with Crippen molar-refractivity contribution in [3.63, 3.8) is 0 Å². The summed E-state index contributed by atoms with van der Waals surface area (Å²) in [7, 11) is 0. The number of nitrogens with zero attached hydrogens (tertiary/aromatic N) is 1. The molecule has 32 heavy (non-hydrogen) atoms. The van der Waals surface area contributed by atoms with Gasteiger partial charge in [-0.1, -0.05) is 61.9 Å². The molecule has 0 aliphatic carbocycles. The van der Waals surface area contributed by atoms with E-state index in [0.29, 0.717) is 19.6 Å². The van der Waals surface area contributed by atoms with Crippen LogP contribution in [0.4, 0.5) is 5.69 Å². The van der Waals surface area contributed by atoms with Crippen LogP contribution in [-0.4, -0.2) is 25.0 Å². The number of fused-ring (bicyclic) bond motifs is 2. The number of hydrogen-bond acceptors (Lipinski definition) is 3. The summed E-state index contributed by atoms with van der Waals surface area (Å²) in [6.07, 6.45) is 3.89. The zero-order valence-electron chi connectivity index (χ0n) is 18.8. The number of ether oxygens (including phenoxy) is 1. The number of aryl methyl sites for hydroxylation is 1. The van der Waals surface area contributed by atoms with Gasteiger partial charge >= 0.3 is 0 Å². The first kappa shape index (κ1) is 21.9. The monoisotopic (exact) mass is 430 g/mol. The molecule has 1 atom stereocenters. The maximum absolute atomic E-state index is 13.1. The number of carbonyl (C=O) groups is 2. The van der Waals surface area contributed by atoms with Crippen molar-refractivity contribution >= 4 is 28.3 Å². The van der Waals surface area contributed by atoms with Crippen LogP contribution in [0.15, 0.2) is 60.7 Å². The minimum atomic E-state index is -0.608. The molecule has 3 aromatic rings. The Kier molecular flexibility index (Phi) is 6.74. The highest BCUT2D eigenvalue weighted by Gasteiger charge is 2.37. The third kappa shape index (κ3) is 4.62. The zero-order chi connectivity index (χ0) is 22.5. The molecule has 0 saturated heterocycles. The third-order valence-electron chi connectivity index (χ3n) is 5.91. The lowest BCUT2D eigenvalue weighted by molar-refractivity contribution is -0.126. The predicted molar refractivity (Wildman–Crippen MR) is 128 cm³/mol. The molecule has 4 rings (SSSR count). The molecule has 2 amide bonds. The van der Waals surface area contributed by atoms with Crippen molar-refractivity contribution in [2.75, 3.05) is 18.1 Å². The maximum atomic E-state index is 13.1. The standard InChI is InChI=1S/C27H30N2O3/c1-3-4-9-20-14-15-24-23(18-20)26(28-19(2)30)27(31)29(24)16-8-17-32-25-13-7-11-21-10-5-6-12-22(21)25/h5-7,10-15,18,26H,3-4,8-9,16-17H2,1-2H3,(H,28,30). The van der Waals surface area contributed by atoms with Gasteiger partial charge in [-0.3, -0.25) is 9.59 Å². The third-order valence-corrected chi connectivity index (χ3v) is 5.91. The van der Waals surface area contributed by atoms with Crippen LogP contribution in [0.5, 0.6) is 5.75 Å². The summed E-state index contributed by atoms with van der Waals surface area (Å²) < 4.78 is 6.05. The van der Waals surface area contributed by atoms with E-state index in [9.17, 15) is 9.59 Å². The molecule has 0 bridgehead atoms. The van der Waals surface area contributed by atoms with Gasteiger partial charge in [-0.05, 0) is 42.3 Å². The molecular formula is C27H30N2O3. The van der Waals surface area contributed by atoms with Gasteiger partial charge in [-0.25, -0.2) is 0 Å². The zero-order valence-corrected chi connectivity index (χ0v) is 18.8. The van der Waals surface area contributed by atoms with E-state index in [-0.39, 0.29) is 11.8 Å². The quantitative estimate of drug-likeness (QED) is 0.476. The van der Waals surface area contributed by atoms with Gasteiger partial charge in [0, 0.05) is 30.1 Å². The number of hydrogen-bond donors (Lipinski definition) is 1. The molecule has 1 unspecified atom stereocenters. The molecule has 0 saturated carbocycles. The van der Waals surface area contributed by atoms with E-state index in [1.807, 2.05) is 30.3 Å². The second kappa shape index (κ2) is 9.86. The predicted octanol–water partition coefficient (Wildman–Crippen LogP) is 5.18. The normalized spacial score (nSPS) is 15.1. The minimum absolute atomic E-state index is 0.0759. The van der Waals surface area contributed by atoms with Gasteiger partial charge in [-0.2, -0.15) is 0 Å². The Bertz CT molecular complexity index is 1120. The second-order valence-corrected chi connectivity index (χ2v) is 8.30. The van der Waals surface area contributed by atoms with Gasteiger partial charge in [0.25, 0.3) is 5.91 Å². The Hall–Kier alpha value is -3.34. The summed E-state index contributed by atoms with van der Waals surface area (Å²) in [6, 6.07) is 19.8. The summed E-state index contributed by atoms with van der Waals surface area (Å²) in [5, 5.41) is 5.07. The molecule has 1 aliphatic heterocycles. The van der Waals surface area contributed by atoms with Gasteiger partial charge in [0.1, 0.15) is 11.8 Å². The maximum Gasteiger partial charge on any atom is 0.254 e. The molecule has 0 fully saturated rings. The number of rotatable bonds is 9. The summed E-state index contributed by atoms with van der Waals surface area (Å²) in [5.41, 5.74) is 2.99. The molecule has 3 aromatic carbocycles. The van der Waals surface area contributed by atoms with Gasteiger partial charge in [0.2, 0.25) is 5.91 Å². The van der Waals surface area contributed by atoms with E-state index in [1.165, 1.54) is 12.5 Å². The van der Waals surface area contributed by atoms with Crippen LogP contribution in [0.1, 0.15) is 50.3 Å². The highest BCUT2D eigenvalue weighted by atomic mass is 16.5. The molecular weight excluding hydrogens is 400 g/mol. The highest BCUT2D eigenvalue weighted by molar-refractivity contribution is 6.06. The fraction of sp³-hybridized carbons (Fsp3) is 0.333. The Morgan fingerprint density at radius 2 is 1.88 bits per heavy atom. The lowest BCUT2D eigenvalue weighted by Crippen LogP contribution is -2.37. The van der Waals surface area contributed by atoms with Crippen molar-refractivity contribution in [3.05, 3.63) is 71.8 Å². The average Bonchev–Trinajstić information content (AvgIpc) is 3.05. The van der Waals surface area contributed by atoms with Crippen LogP contribution in [-0.2, 0) is 16.0 Å². The topological polar surface area (TPSA) is 58.6 Å². The molecule has 0 radical (unpaired) electrons. The van der Waals surface area contributed by atoms with Crippen molar-refractivity contribution in [2.45, 2.75) is 45.6 Å². The van der Waals surface area contributed by atoms with Crippen molar-refractivity contribution in [2.24, 2.45) is 0 Å². The van der Waals surface area contributed by atoms with Crippen LogP contribution in [0.2, 0.25) is 0 Å². The fourth-order valence-corrected chi connectivity index (χ4v) is 4.32. The SMILES string of the molecule is CCCCc1ccc2c(c1)C(NC(C)=O)C(=O)N2CCCOc1cccc2ccccc12. The Morgan fingerprint density at radius 3 is 2.69 bits per heavy atom. The average molecular weight is 431 g/mol. The number of amides is 2. The summed E-state index contributed by atoms with van der Waals surface area (Å²) in [5.74, 6) is 0.579. The van der Waals surface area contributed by atoms with Crippen LogP contribution >= 0.6 is 0 Å². The summed E-state index contributed by atoms with van der Waals surface area (Å²) in [4.78, 5) is 26.7. The number of unbranched alkanes of at least 4 members (excludes halogenated alkanes) is 1. The van der Waals surface area contributed by atoms with Gasteiger partial charge in [-0.15, -0.1) is 0 Å². The molecule has 5 nitrogen and oxygen atoms in total. The van der Waals surface area contributed by atoms with Gasteiger partial charge < -0.3 is 15.0 Å². The molecule has 5 heteroatoms. The summed E-state index contributed by atoms with van der Waals surface area (Å²) in [6.45, 7) is 4.67. The number of anilines is 1. The summed E-state index contributed by atoms with van der Waals surface area (Å²) >= 11 is 0. The molecule has 1 heterocycles. The van der Waals surface area contributed by atoms with Crippen molar-refractivity contribution in [1.29, 1.82) is 0 Å². The van der Waals surface area contributed by atoms with E-state index < -0.39 is 6.04 Å². The van der Waals surface area contributed by atoms with Crippen LogP contribution in [0.3, 0.4) is 0 Å². The first-order valence-corrected chi connectivity index (χ1v) is 11.4. The molecule has 0 aromatic heterocycles. The van der Waals surface area contributed by atoms with E-state index >= 15 is 0 Å². The van der Waals surface area contributed by atoms with E-state index in [2.05, 4.69) is 42.6 Å². The fourth-order valence-electron chi connectivity index (χ4n) is 4.32. The van der Waals surface area contributed by atoms with Crippen molar-refractivity contribution in [3.8, 4) is 5.75 Å². The molecule has 1 N–H and O–H groups in total. The van der Waals surface area contributed by atoms with E-state index in [0.717, 1.165) is 47.0 Å².